The van der Waals surface area contributed by atoms with Gasteiger partial charge < -0.3 is 0 Å². The molecule has 3 nitrogen and oxygen atoms in total. The molecule has 6 rings (SSSR count). The highest BCUT2D eigenvalue weighted by atomic mass is 79.9. The van der Waals surface area contributed by atoms with Crippen LogP contribution in [0.5, 0.6) is 0 Å². The van der Waals surface area contributed by atoms with Gasteiger partial charge in [0.05, 0.1) is 0 Å². The number of hydrogen-bond acceptors (Lipinski definition) is 3. The van der Waals surface area contributed by atoms with Gasteiger partial charge in [-0.1, -0.05) is 107 Å². The van der Waals surface area contributed by atoms with Crippen molar-refractivity contribution in [1.82, 2.24) is 15.0 Å². The van der Waals surface area contributed by atoms with Crippen molar-refractivity contribution < 1.29 is 0 Å². The third kappa shape index (κ3) is 3.95. The Kier molecular flexibility index (Phi) is 5.52. The second kappa shape index (κ2) is 8.96. The van der Waals surface area contributed by atoms with Crippen molar-refractivity contribution >= 4 is 15.9 Å². The van der Waals surface area contributed by atoms with E-state index in [4.69, 9.17) is 15.0 Å². The first-order valence-corrected chi connectivity index (χ1v) is 12.3. The van der Waals surface area contributed by atoms with E-state index >= 15 is 0 Å². The molecule has 1 heterocycles. The zero-order valence-electron chi connectivity index (χ0n) is 18.5. The third-order valence-corrected chi connectivity index (χ3v) is 6.92. The molecule has 4 heteroatoms. The summed E-state index contributed by atoms with van der Waals surface area (Å²) in [6, 6.07) is 35.6. The molecule has 1 unspecified atom stereocenters. The average molecular weight is 504 g/mol. The molecule has 0 fully saturated rings. The number of aromatic nitrogens is 3. The van der Waals surface area contributed by atoms with E-state index in [-0.39, 0.29) is 5.92 Å². The minimum absolute atomic E-state index is 0.0790. The van der Waals surface area contributed by atoms with Crippen LogP contribution in [0.15, 0.2) is 108 Å². The molecule has 4 aromatic carbocycles. The summed E-state index contributed by atoms with van der Waals surface area (Å²) >= 11 is 3.67. The maximum absolute atomic E-state index is 5.04. The lowest BCUT2D eigenvalue weighted by atomic mass is 9.90. The third-order valence-electron chi connectivity index (χ3n) is 6.43. The number of nitrogens with zero attached hydrogens (tertiary/aromatic N) is 3. The van der Waals surface area contributed by atoms with Crippen LogP contribution in [0.1, 0.15) is 29.3 Å². The number of halogens is 1. The van der Waals surface area contributed by atoms with Crippen molar-refractivity contribution in [2.75, 3.05) is 0 Å². The summed E-state index contributed by atoms with van der Waals surface area (Å²) in [6.07, 6.45) is 1.91. The molecule has 0 spiro atoms. The minimum atomic E-state index is 0.0790. The molecule has 1 aliphatic rings. The molecule has 5 aromatic rings. The monoisotopic (exact) mass is 503 g/mol. The van der Waals surface area contributed by atoms with Crippen LogP contribution in [-0.4, -0.2) is 15.0 Å². The Morgan fingerprint density at radius 1 is 0.618 bits per heavy atom. The van der Waals surface area contributed by atoms with Crippen molar-refractivity contribution in [3.63, 3.8) is 0 Å². The maximum Gasteiger partial charge on any atom is 0.163 e. The molecular weight excluding hydrogens is 482 g/mol. The smallest absolute Gasteiger partial charge is 0.163 e. The lowest BCUT2D eigenvalue weighted by Gasteiger charge is -2.18. The number of fused-ring (bicyclic) bond motifs is 3. The molecule has 0 saturated carbocycles. The molecule has 0 radical (unpaired) electrons. The average Bonchev–Trinajstić information content (AvgIpc) is 3.06. The highest BCUT2D eigenvalue weighted by molar-refractivity contribution is 9.10. The van der Waals surface area contributed by atoms with E-state index < -0.39 is 0 Å². The summed E-state index contributed by atoms with van der Waals surface area (Å²) < 4.78 is 1.09. The van der Waals surface area contributed by atoms with Crippen molar-refractivity contribution in [2.45, 2.75) is 18.8 Å². The molecule has 34 heavy (non-hydrogen) atoms. The van der Waals surface area contributed by atoms with Gasteiger partial charge in [0, 0.05) is 21.5 Å². The fraction of sp³-hybridized carbons (Fsp3) is 0.100. The number of hydrogen-bond donors (Lipinski definition) is 0. The van der Waals surface area contributed by atoms with Gasteiger partial charge in [0.1, 0.15) is 5.82 Å². The first kappa shape index (κ1) is 20.9. The van der Waals surface area contributed by atoms with Gasteiger partial charge in [0.25, 0.3) is 0 Å². The van der Waals surface area contributed by atoms with Crippen LogP contribution in [0, 0.1) is 0 Å². The van der Waals surface area contributed by atoms with Crippen LogP contribution in [0.25, 0.3) is 33.9 Å². The second-order valence-electron chi connectivity index (χ2n) is 8.55. The summed E-state index contributed by atoms with van der Waals surface area (Å²) in [5.74, 6) is 2.33. The molecule has 0 N–H and O–H groups in total. The first-order valence-electron chi connectivity index (χ1n) is 11.5. The predicted octanol–water partition coefficient (Wildman–Crippen LogP) is 7.71. The van der Waals surface area contributed by atoms with E-state index in [1.807, 2.05) is 36.4 Å². The van der Waals surface area contributed by atoms with Crippen molar-refractivity contribution in [3.8, 4) is 33.9 Å². The maximum atomic E-state index is 5.04. The van der Waals surface area contributed by atoms with E-state index in [2.05, 4.69) is 82.7 Å². The molecule has 0 saturated heterocycles. The van der Waals surface area contributed by atoms with Gasteiger partial charge >= 0.3 is 0 Å². The first-order chi connectivity index (χ1) is 16.8. The molecule has 0 amide bonds. The Labute approximate surface area is 207 Å². The number of aryl methyl sites for hydroxylation is 1. The van der Waals surface area contributed by atoms with Crippen LogP contribution in [-0.2, 0) is 6.42 Å². The summed E-state index contributed by atoms with van der Waals surface area (Å²) in [4.78, 5) is 15.0. The molecule has 164 valence electrons. The highest BCUT2D eigenvalue weighted by Gasteiger charge is 2.27. The number of benzene rings is 4. The van der Waals surface area contributed by atoms with Gasteiger partial charge in [-0.05, 0) is 47.2 Å². The van der Waals surface area contributed by atoms with E-state index in [1.54, 1.807) is 0 Å². The topological polar surface area (TPSA) is 38.7 Å². The van der Waals surface area contributed by atoms with Crippen LogP contribution >= 0.6 is 15.9 Å². The van der Waals surface area contributed by atoms with E-state index in [0.717, 1.165) is 34.3 Å². The molecule has 0 aliphatic heterocycles. The van der Waals surface area contributed by atoms with E-state index in [0.29, 0.717) is 11.6 Å². The van der Waals surface area contributed by atoms with Crippen molar-refractivity contribution in [2.24, 2.45) is 0 Å². The Morgan fingerprint density at radius 2 is 1.24 bits per heavy atom. The Bertz CT molecular complexity index is 1410. The van der Waals surface area contributed by atoms with E-state index in [9.17, 15) is 0 Å². The SMILES string of the molecule is Brc1ccc2c(c1)-c1ccccc1C(c1nc(-c3ccccc3)nc(-c3ccccc3)n1)CC2. The molecule has 0 bridgehead atoms. The normalized spacial score (nSPS) is 14.7. The van der Waals surface area contributed by atoms with Gasteiger partial charge in [0.2, 0.25) is 0 Å². The fourth-order valence-corrected chi connectivity index (χ4v) is 5.13. The lowest BCUT2D eigenvalue weighted by Crippen LogP contribution is -2.10. The summed E-state index contributed by atoms with van der Waals surface area (Å²) in [6.45, 7) is 0. The van der Waals surface area contributed by atoms with Crippen LogP contribution < -0.4 is 0 Å². The predicted molar refractivity (Wildman–Crippen MR) is 140 cm³/mol. The largest absolute Gasteiger partial charge is 0.212 e. The summed E-state index contributed by atoms with van der Waals surface area (Å²) in [7, 11) is 0. The standard InChI is InChI=1S/C30H22BrN3/c31-23-17-15-20-16-18-26(24-13-7-8-14-25(24)27(20)19-23)30-33-28(21-9-3-1-4-10-21)32-29(34-30)22-11-5-2-6-12-22/h1-15,17,19,26H,16,18H2. The zero-order chi connectivity index (χ0) is 22.9. The molecular formula is C30H22BrN3. The van der Waals surface area contributed by atoms with E-state index in [1.165, 1.54) is 22.3 Å². The van der Waals surface area contributed by atoms with Crippen LogP contribution in [0.3, 0.4) is 0 Å². The Hall–Kier alpha value is -3.63. The van der Waals surface area contributed by atoms with Crippen molar-refractivity contribution in [3.05, 3.63) is 125 Å². The highest BCUT2D eigenvalue weighted by Crippen LogP contribution is 2.41. The number of rotatable bonds is 3. The zero-order valence-corrected chi connectivity index (χ0v) is 20.1. The summed E-state index contributed by atoms with van der Waals surface area (Å²) in [5.41, 5.74) is 7.16. The van der Waals surface area contributed by atoms with Gasteiger partial charge in [0.15, 0.2) is 11.6 Å². The lowest BCUT2D eigenvalue weighted by molar-refractivity contribution is 0.677. The van der Waals surface area contributed by atoms with Crippen LogP contribution in [0.4, 0.5) is 0 Å². The van der Waals surface area contributed by atoms with Gasteiger partial charge in [-0.3, -0.25) is 0 Å². The van der Waals surface area contributed by atoms with Crippen molar-refractivity contribution in [1.29, 1.82) is 0 Å². The molecule has 1 aromatic heterocycles. The Morgan fingerprint density at radius 3 is 1.91 bits per heavy atom. The fourth-order valence-electron chi connectivity index (χ4n) is 4.77. The molecule has 1 aliphatic carbocycles. The van der Waals surface area contributed by atoms with Gasteiger partial charge in [-0.15, -0.1) is 0 Å². The quantitative estimate of drug-likeness (QED) is 0.253. The van der Waals surface area contributed by atoms with Gasteiger partial charge in [-0.2, -0.15) is 0 Å². The minimum Gasteiger partial charge on any atom is -0.212 e. The molecule has 1 atom stereocenters. The van der Waals surface area contributed by atoms with Crippen LogP contribution in [0.2, 0.25) is 0 Å². The Balaban J connectivity index is 1.55. The van der Waals surface area contributed by atoms with Gasteiger partial charge in [-0.25, -0.2) is 15.0 Å². The summed E-state index contributed by atoms with van der Waals surface area (Å²) in [5, 5.41) is 0. The second-order valence-corrected chi connectivity index (χ2v) is 9.47.